The highest BCUT2D eigenvalue weighted by molar-refractivity contribution is 7.82. The average Bonchev–Trinajstić information content (AvgIpc) is 2.67. The second-order valence-corrected chi connectivity index (χ2v) is 8.28. The quantitative estimate of drug-likeness (QED) is 0.589. The molecule has 170 valence electrons. The molecule has 1 heterocycles. The highest BCUT2D eigenvalue weighted by Gasteiger charge is 2.39. The number of carbonyl (C=O) groups is 1. The number of benzene rings is 1. The fourth-order valence-corrected chi connectivity index (χ4v) is 3.50. The fourth-order valence-electron chi connectivity index (χ4n) is 2.90. The number of carbonyl (C=O) groups excluding carboxylic acids is 1. The van der Waals surface area contributed by atoms with Crippen LogP contribution in [0.1, 0.15) is 31.2 Å². The van der Waals surface area contributed by atoms with Crippen LogP contribution >= 0.6 is 11.6 Å². The minimum Gasteiger partial charge on any atom is -0.326 e. The molecule has 1 fully saturated rings. The van der Waals surface area contributed by atoms with Gasteiger partial charge in [-0.15, -0.1) is 0 Å². The Morgan fingerprint density at radius 2 is 1.97 bits per heavy atom. The molecule has 1 saturated carbocycles. The number of nitrogens with two attached hydrogens (primary N) is 1. The number of rotatable bonds is 3. The lowest BCUT2D eigenvalue weighted by molar-refractivity contribution is -0.137. The third-order valence-electron chi connectivity index (χ3n) is 4.37. The minimum absolute atomic E-state index is 0.0971. The molecule has 1 amide bonds. The third kappa shape index (κ3) is 8.15. The monoisotopic (exact) mass is 483 g/mol. The van der Waals surface area contributed by atoms with Crippen molar-refractivity contribution >= 4 is 34.2 Å². The predicted octanol–water partition coefficient (Wildman–Crippen LogP) is 5.19. The molecule has 2 aromatic rings. The van der Waals surface area contributed by atoms with Gasteiger partial charge in [-0.3, -0.25) is 4.79 Å². The molecule has 31 heavy (non-hydrogen) atoms. The molecule has 1 aliphatic rings. The van der Waals surface area contributed by atoms with Crippen LogP contribution in [0.25, 0.3) is 0 Å². The van der Waals surface area contributed by atoms with Gasteiger partial charge in [0.15, 0.2) is 0 Å². The summed E-state index contributed by atoms with van der Waals surface area (Å²) in [7, 11) is -1.75. The van der Waals surface area contributed by atoms with Crippen molar-refractivity contribution < 1.29 is 31.0 Å². The molecular weight excluding hydrogens is 465 g/mol. The summed E-state index contributed by atoms with van der Waals surface area (Å²) in [5.74, 6) is -3.94. The summed E-state index contributed by atoms with van der Waals surface area (Å²) in [5, 5.41) is 7.95. The van der Waals surface area contributed by atoms with Gasteiger partial charge in [-0.05, 0) is 43.2 Å². The smallest absolute Gasteiger partial charge is 0.326 e. The maximum absolute atomic E-state index is 13.3. The van der Waals surface area contributed by atoms with E-state index in [4.69, 9.17) is 16.7 Å². The van der Waals surface area contributed by atoms with Crippen LogP contribution in [0, 0.1) is 5.92 Å². The van der Waals surface area contributed by atoms with E-state index in [1.54, 1.807) is 0 Å². The summed E-state index contributed by atoms with van der Waals surface area (Å²) in [4.78, 5) is 15.7. The van der Waals surface area contributed by atoms with Crippen LogP contribution in [0.2, 0.25) is 5.02 Å². The van der Waals surface area contributed by atoms with Crippen LogP contribution in [0.5, 0.6) is 0 Å². The van der Waals surface area contributed by atoms with E-state index in [1.165, 1.54) is 30.5 Å². The second kappa shape index (κ2) is 10.5. The molecule has 0 saturated heterocycles. The molecule has 5 nitrogen and oxygen atoms in total. The van der Waals surface area contributed by atoms with Gasteiger partial charge in [-0.2, -0.15) is 13.2 Å². The van der Waals surface area contributed by atoms with Crippen LogP contribution in [0.3, 0.4) is 0 Å². The van der Waals surface area contributed by atoms with Crippen molar-refractivity contribution in [1.82, 2.24) is 4.98 Å². The Morgan fingerprint density at radius 1 is 1.26 bits per heavy atom. The van der Waals surface area contributed by atoms with E-state index >= 15 is 0 Å². The Labute approximate surface area is 182 Å². The van der Waals surface area contributed by atoms with Gasteiger partial charge in [0.05, 0.1) is 5.56 Å². The largest absolute Gasteiger partial charge is 0.416 e. The Morgan fingerprint density at radius 3 is 2.52 bits per heavy atom. The number of hydrogen-bond acceptors (Lipinski definition) is 3. The Kier molecular flexibility index (Phi) is 8.49. The van der Waals surface area contributed by atoms with Gasteiger partial charge >= 0.3 is 6.18 Å². The van der Waals surface area contributed by atoms with Crippen LogP contribution in [-0.2, 0) is 22.0 Å². The third-order valence-corrected chi connectivity index (χ3v) is 5.24. The maximum Gasteiger partial charge on any atom is 0.416 e. The lowest BCUT2D eigenvalue weighted by atomic mass is 9.86. The first kappa shape index (κ1) is 25.2. The van der Waals surface area contributed by atoms with E-state index in [-0.39, 0.29) is 16.5 Å². The van der Waals surface area contributed by atoms with Crippen LogP contribution in [-0.4, -0.2) is 21.0 Å². The van der Waals surface area contributed by atoms with E-state index in [2.05, 4.69) is 10.3 Å². The highest BCUT2D eigenvalue weighted by Crippen LogP contribution is 2.37. The van der Waals surface area contributed by atoms with E-state index in [0.717, 1.165) is 12.1 Å². The van der Waals surface area contributed by atoms with Crippen molar-refractivity contribution in [2.24, 2.45) is 11.1 Å². The molecule has 1 aromatic carbocycles. The van der Waals surface area contributed by atoms with Crippen molar-refractivity contribution in [1.29, 1.82) is 0 Å². The molecule has 0 aliphatic heterocycles. The van der Waals surface area contributed by atoms with Crippen LogP contribution < -0.4 is 10.5 Å². The zero-order chi connectivity index (χ0) is 23.2. The molecule has 12 heteroatoms. The molecule has 0 radical (unpaired) electrons. The molecule has 0 bridgehead atoms. The highest BCUT2D eigenvalue weighted by atomic mass is 35.5. The van der Waals surface area contributed by atoms with Crippen LogP contribution in [0.4, 0.5) is 27.6 Å². The lowest BCUT2D eigenvalue weighted by Crippen LogP contribution is -2.33. The zero-order valence-electron chi connectivity index (χ0n) is 16.0. The molecule has 1 unspecified atom stereocenters. The Hall–Kier alpha value is -2.11. The predicted molar refractivity (Wildman–Crippen MR) is 107 cm³/mol. The van der Waals surface area contributed by atoms with Gasteiger partial charge in [0.2, 0.25) is 11.8 Å². The molecule has 1 aromatic heterocycles. The van der Waals surface area contributed by atoms with Crippen molar-refractivity contribution in [3.63, 3.8) is 0 Å². The minimum atomic E-state index is -4.30. The first-order valence-electron chi connectivity index (χ1n) is 9.01. The number of nitrogens with zero attached hydrogens (tertiary/aromatic N) is 1. The Bertz CT molecular complexity index is 943. The fraction of sp³-hybridized carbons (Fsp3) is 0.368. The van der Waals surface area contributed by atoms with E-state index in [1.807, 2.05) is 0 Å². The number of nitrogens with one attached hydrogen (secondary N) is 1. The van der Waals surface area contributed by atoms with Gasteiger partial charge in [0.25, 0.3) is 0 Å². The summed E-state index contributed by atoms with van der Waals surface area (Å²) in [6, 6.07) is 7.40. The van der Waals surface area contributed by atoms with Gasteiger partial charge < -0.3 is 5.32 Å². The van der Waals surface area contributed by atoms with Crippen molar-refractivity contribution in [3.05, 3.63) is 53.2 Å². The van der Waals surface area contributed by atoms with Crippen LogP contribution in [0.15, 0.2) is 47.6 Å². The molecule has 2 atom stereocenters. The van der Waals surface area contributed by atoms with E-state index in [9.17, 15) is 31.0 Å². The van der Waals surface area contributed by atoms with Crippen molar-refractivity contribution in [2.45, 2.75) is 42.8 Å². The molecule has 3 N–H and O–H groups in total. The van der Waals surface area contributed by atoms with E-state index in [0.29, 0.717) is 18.5 Å². The van der Waals surface area contributed by atoms with E-state index < -0.39 is 46.9 Å². The zero-order valence-corrected chi connectivity index (χ0v) is 17.5. The first-order valence-corrected chi connectivity index (χ1v) is 10.6. The first-order chi connectivity index (χ1) is 14.4. The topological polar surface area (TPSA) is 85.1 Å². The average molecular weight is 484 g/mol. The number of amides is 1. The number of aromatic nitrogens is 1. The summed E-state index contributed by atoms with van der Waals surface area (Å²) in [6.07, 6.45) is -2.76. The van der Waals surface area contributed by atoms with Gasteiger partial charge in [-0.1, -0.05) is 17.7 Å². The number of pyridine rings is 1. The molecule has 3 rings (SSSR count). The number of alkyl halides is 5. The summed E-state index contributed by atoms with van der Waals surface area (Å²) in [5.41, 5.74) is -0.363. The van der Waals surface area contributed by atoms with Crippen molar-refractivity contribution in [2.75, 3.05) is 5.32 Å². The molecule has 0 spiro atoms. The summed E-state index contributed by atoms with van der Waals surface area (Å²) in [6.45, 7) is 0. The summed E-state index contributed by atoms with van der Waals surface area (Å²) >= 11 is 5.35. The molecular formula is C19H19ClF5N3O2S. The Balaban J connectivity index is 0.000000262. The summed E-state index contributed by atoms with van der Waals surface area (Å²) < 4.78 is 73.4. The normalized spacial score (nSPS) is 19.0. The van der Waals surface area contributed by atoms with Gasteiger partial charge in [0, 0.05) is 35.7 Å². The van der Waals surface area contributed by atoms with Gasteiger partial charge in [-0.25, -0.2) is 23.1 Å². The van der Waals surface area contributed by atoms with Crippen molar-refractivity contribution in [3.8, 4) is 0 Å². The number of halogens is 6. The maximum atomic E-state index is 13.3. The van der Waals surface area contributed by atoms with Gasteiger partial charge in [0.1, 0.15) is 16.0 Å². The standard InChI is InChI=1S/C12H15F2N3O2S.C7H4ClF3/c13-12(14)4-1-2-8(7-12)11(18)17-9-3-5-16-10(6-9)20(15)19;8-6-3-1-2-5(4-6)7(9,10)11/h3,5-6,8H,1-2,4,7,15H2,(H,16,17,18);1-4H/t8-,20?;/m0./s1. The lowest BCUT2D eigenvalue weighted by Gasteiger charge is -2.27. The molecule has 1 aliphatic carbocycles. The number of hydrogen-bond donors (Lipinski definition) is 2. The number of anilines is 1. The second-order valence-electron chi connectivity index (χ2n) is 6.83. The SMILES string of the molecule is FC(F)(F)c1cccc(Cl)c1.NS(=O)c1cc(NC(=O)[C@H]2CCCC(F)(F)C2)ccn1.